The predicted octanol–water partition coefficient (Wildman–Crippen LogP) is -1.08. The zero-order valence-electron chi connectivity index (χ0n) is 44.2. The number of nitrogens with one attached hydrogen (secondary N) is 8. The Balaban J connectivity index is 1.11. The van der Waals surface area contributed by atoms with Crippen LogP contribution in [0, 0.1) is 0 Å². The molecular weight excluding hydrogens is 1040 g/mol. The van der Waals surface area contributed by atoms with Crippen molar-refractivity contribution in [3.8, 4) is 0 Å². The van der Waals surface area contributed by atoms with Crippen molar-refractivity contribution in [3.63, 3.8) is 0 Å². The number of H-pyrrole nitrogens is 3. The molecule has 80 heavy (non-hydrogen) atoms. The maximum absolute atomic E-state index is 14.8. The highest BCUT2D eigenvalue weighted by Crippen LogP contribution is 2.25. The number of aromatic nitrogens is 4. The number of unbranched alkanes of at least 4 members (excludes halogenated alkanes) is 2. The van der Waals surface area contributed by atoms with Crippen molar-refractivity contribution in [2.75, 3.05) is 26.2 Å². The van der Waals surface area contributed by atoms with Gasteiger partial charge < -0.3 is 83.9 Å². The van der Waals surface area contributed by atoms with Gasteiger partial charge in [0.15, 0.2) is 0 Å². The lowest BCUT2D eigenvalue weighted by molar-refractivity contribution is -0.144. The van der Waals surface area contributed by atoms with E-state index in [2.05, 4.69) is 46.5 Å². The van der Waals surface area contributed by atoms with Crippen LogP contribution in [0.15, 0.2) is 73.4 Å². The van der Waals surface area contributed by atoms with Gasteiger partial charge >= 0.3 is 11.9 Å². The highest BCUT2D eigenvalue weighted by Gasteiger charge is 2.44. The minimum absolute atomic E-state index is 0.0157. The first-order chi connectivity index (χ1) is 38.5. The maximum Gasteiger partial charge on any atom is 0.326 e. The Morgan fingerprint density at radius 2 is 1.18 bits per heavy atom. The van der Waals surface area contributed by atoms with Crippen molar-refractivity contribution in [2.24, 2.45) is 17.2 Å². The van der Waals surface area contributed by atoms with Crippen LogP contribution < -0.4 is 43.8 Å². The first-order valence-electron chi connectivity index (χ1n) is 26.9. The topological polar surface area (TPSA) is 419 Å². The minimum Gasteiger partial charge on any atom is -0.481 e. The van der Waals surface area contributed by atoms with E-state index in [0.29, 0.717) is 48.9 Å². The van der Waals surface area contributed by atoms with Crippen LogP contribution in [-0.4, -0.2) is 179 Å². The second kappa shape index (κ2) is 28.1. The minimum atomic E-state index is -1.41. The smallest absolute Gasteiger partial charge is 0.326 e. The number of hydrogen-bond donors (Lipinski definition) is 14. The van der Waals surface area contributed by atoms with Crippen LogP contribution in [0.3, 0.4) is 0 Å². The first kappa shape index (κ1) is 59.5. The third-order valence-corrected chi connectivity index (χ3v) is 14.6. The van der Waals surface area contributed by atoms with Crippen LogP contribution in [-0.2, 0) is 62.4 Å². The van der Waals surface area contributed by atoms with Gasteiger partial charge in [0.05, 0.1) is 30.6 Å². The van der Waals surface area contributed by atoms with Crippen LogP contribution in [0.5, 0.6) is 0 Å². The molecule has 2 fully saturated rings. The highest BCUT2D eigenvalue weighted by atomic mass is 16.4. The molecule has 7 rings (SSSR count). The van der Waals surface area contributed by atoms with Crippen LogP contribution in [0.25, 0.3) is 21.8 Å². The molecule has 9 atom stereocenters. The van der Waals surface area contributed by atoms with Gasteiger partial charge in [0.1, 0.15) is 42.3 Å². The van der Waals surface area contributed by atoms with E-state index in [1.54, 1.807) is 18.5 Å². The summed E-state index contributed by atoms with van der Waals surface area (Å²) in [6.07, 6.45) is 6.01. The second-order valence-corrected chi connectivity index (χ2v) is 20.4. The van der Waals surface area contributed by atoms with Gasteiger partial charge in [-0.25, -0.2) is 9.78 Å². The van der Waals surface area contributed by atoms with Crippen LogP contribution in [0.4, 0.5) is 0 Å². The zero-order valence-corrected chi connectivity index (χ0v) is 44.2. The lowest BCUT2D eigenvalue weighted by atomic mass is 10.0. The van der Waals surface area contributed by atoms with Crippen molar-refractivity contribution in [1.29, 1.82) is 0 Å². The van der Waals surface area contributed by atoms with Gasteiger partial charge in [0.25, 0.3) is 0 Å². The van der Waals surface area contributed by atoms with E-state index < -0.39 is 114 Å². The van der Waals surface area contributed by atoms with E-state index in [0.717, 1.165) is 26.7 Å². The molecule has 0 unspecified atom stereocenters. The number of likely N-dealkylation sites (tertiary alicyclic amines) is 2. The number of hydrogen-bond acceptors (Lipinski definition) is 14. The quantitative estimate of drug-likeness (QED) is 0.0253. The van der Waals surface area contributed by atoms with Crippen LogP contribution in [0.2, 0.25) is 0 Å². The monoisotopic (exact) mass is 1110 g/mol. The molecule has 26 nitrogen and oxygen atoms in total. The number of aliphatic hydroxyl groups excluding tert-OH is 1. The molecule has 0 spiro atoms. The lowest BCUT2D eigenvalue weighted by Gasteiger charge is -2.31. The number of carbonyl (C=O) groups excluding carboxylic acids is 7. The number of nitrogens with two attached hydrogens (primary N) is 3. The lowest BCUT2D eigenvalue weighted by Crippen LogP contribution is -2.60. The van der Waals surface area contributed by atoms with E-state index in [-0.39, 0.29) is 71.1 Å². The number of carboxylic acids is 2. The molecule has 0 radical (unpaired) electrons. The number of aliphatic hydroxyl groups is 1. The molecule has 0 aliphatic carbocycles. The number of carbonyl (C=O) groups is 9. The molecule has 2 aliphatic rings. The number of aliphatic carboxylic acids is 2. The molecule has 2 saturated heterocycles. The van der Waals surface area contributed by atoms with E-state index >= 15 is 0 Å². The Morgan fingerprint density at radius 1 is 0.637 bits per heavy atom. The Labute approximate surface area is 460 Å². The van der Waals surface area contributed by atoms with Gasteiger partial charge in [-0.05, 0) is 87.7 Å². The third kappa shape index (κ3) is 15.3. The molecule has 0 saturated carbocycles. The van der Waals surface area contributed by atoms with Crippen LogP contribution >= 0.6 is 0 Å². The molecule has 7 amide bonds. The molecule has 430 valence electrons. The van der Waals surface area contributed by atoms with E-state index in [4.69, 9.17) is 17.2 Å². The fourth-order valence-electron chi connectivity index (χ4n) is 10.4. The number of carboxylic acid groups (broad SMARTS) is 2. The largest absolute Gasteiger partial charge is 0.481 e. The normalized spacial score (nSPS) is 18.4. The molecule has 2 aliphatic heterocycles. The van der Waals surface area contributed by atoms with E-state index in [9.17, 15) is 58.5 Å². The van der Waals surface area contributed by atoms with Gasteiger partial charge in [-0.1, -0.05) is 36.4 Å². The summed E-state index contributed by atoms with van der Waals surface area (Å²) in [7, 11) is 0. The van der Waals surface area contributed by atoms with Gasteiger partial charge in [-0.3, -0.25) is 38.4 Å². The maximum atomic E-state index is 14.8. The predicted molar refractivity (Wildman–Crippen MR) is 290 cm³/mol. The SMILES string of the molecule is NCCCC[C@H](NC(=O)[C@H](Cc1c[nH]c2ccccc12)NC(=O)[C@@H]1C[C@@H](O)CN1C(=O)[C@H](CCCCN)NC(=O)[C@H](Cc1c[nH]cn1)NC(=O)[C@@H]1CCCN1C(=O)[C@@H](N)CC(=O)O)C(=O)N[C@@H](Cc1c[nH]c2ccccc12)C(=O)O. The van der Waals surface area contributed by atoms with E-state index in [1.807, 2.05) is 42.5 Å². The first-order valence-corrected chi connectivity index (χ1v) is 26.9. The number of amides is 7. The van der Waals surface area contributed by atoms with Crippen molar-refractivity contribution < 1.29 is 58.5 Å². The number of imidazole rings is 1. The van der Waals surface area contributed by atoms with Crippen molar-refractivity contribution in [3.05, 3.63) is 90.3 Å². The molecule has 0 bridgehead atoms. The fourth-order valence-corrected chi connectivity index (χ4v) is 10.4. The molecule has 17 N–H and O–H groups in total. The summed E-state index contributed by atoms with van der Waals surface area (Å²) in [6.45, 7) is 0.306. The Hall–Kier alpha value is -8.20. The second-order valence-electron chi connectivity index (χ2n) is 20.4. The van der Waals surface area contributed by atoms with Gasteiger partial charge in [-0.2, -0.15) is 0 Å². The number of nitrogens with zero attached hydrogens (tertiary/aromatic N) is 3. The molecule has 2 aromatic carbocycles. The summed E-state index contributed by atoms with van der Waals surface area (Å²) < 4.78 is 0. The summed E-state index contributed by atoms with van der Waals surface area (Å²) in [5, 5.41) is 45.8. The Bertz CT molecular complexity index is 2980. The summed E-state index contributed by atoms with van der Waals surface area (Å²) in [6, 6.07) is 3.91. The van der Waals surface area contributed by atoms with Crippen molar-refractivity contribution >= 4 is 75.1 Å². The number of rotatable bonds is 29. The Kier molecular flexibility index (Phi) is 20.9. The van der Waals surface area contributed by atoms with Gasteiger partial charge in [0, 0.05) is 79.2 Å². The summed E-state index contributed by atoms with van der Waals surface area (Å²) in [5.74, 6) is -8.06. The highest BCUT2D eigenvalue weighted by molar-refractivity contribution is 5.99. The summed E-state index contributed by atoms with van der Waals surface area (Å²) in [4.78, 5) is 140. The molecule has 26 heteroatoms. The number of β-amino-alcohol motifs (C(OH)–C–C–N with tert-alkyl or cyclic N) is 1. The van der Waals surface area contributed by atoms with Gasteiger partial charge in [-0.15, -0.1) is 0 Å². The summed E-state index contributed by atoms with van der Waals surface area (Å²) >= 11 is 0. The number of para-hydroxylation sites is 2. The number of benzene rings is 2. The standard InChI is InChI=1S/C54H72N14O12/c55-17-7-5-14-39(47(72)66-43(54(79)80)21-31-26-60-38-13-4-2-11-35(31)38)62-48(73)41(20-30-25-59-37-12-3-1-10-34(30)37)64-51(76)45-23-33(69)28-68(45)53(78)40(15-6-8-18-56)63-49(74)42(22-32-27-58-29-61-32)65-50(75)44-16-9-19-67(44)52(77)36(57)24-46(70)71/h1-4,10-13,25-27,29,33,36,39-45,59-60,69H,5-9,14-24,28,55-57H2,(H,58,61)(H,62,73)(H,63,74)(H,64,76)(H,65,75)(H,66,72)(H,70,71)(H,79,80)/t33-,36+,39+,40+,41+,42+,43+,44+,45+/m1/s1. The number of fused-ring (bicyclic) bond motifs is 2. The average molecular weight is 1110 g/mol. The van der Waals surface area contributed by atoms with E-state index in [1.165, 1.54) is 17.4 Å². The molecule has 5 aromatic rings. The number of aromatic amines is 3. The van der Waals surface area contributed by atoms with Gasteiger partial charge in [0.2, 0.25) is 41.4 Å². The van der Waals surface area contributed by atoms with Crippen LogP contribution in [0.1, 0.15) is 81.0 Å². The van der Waals surface area contributed by atoms with Crippen molar-refractivity contribution in [2.45, 2.75) is 138 Å². The third-order valence-electron chi connectivity index (χ3n) is 14.6. The fraction of sp³-hybridized carbons (Fsp3) is 0.481. The summed E-state index contributed by atoms with van der Waals surface area (Å²) in [5.41, 5.74) is 20.7. The molecule has 3 aromatic heterocycles. The molecule has 5 heterocycles. The average Bonchev–Trinajstić information content (AvgIpc) is 4.34. The van der Waals surface area contributed by atoms with Crippen molar-refractivity contribution in [1.82, 2.24) is 56.3 Å². The Morgan fingerprint density at radius 3 is 1.75 bits per heavy atom. The zero-order chi connectivity index (χ0) is 57.5. The molecular formula is C54H72N14O12.